The van der Waals surface area contributed by atoms with Crippen LogP contribution in [0.2, 0.25) is 0 Å². The first-order valence-electron chi connectivity index (χ1n) is 7.90. The molecule has 8 heteroatoms. The second-order valence-corrected chi connectivity index (χ2v) is 7.46. The Hall–Kier alpha value is -2.06. The van der Waals surface area contributed by atoms with Gasteiger partial charge in [-0.1, -0.05) is 11.8 Å². The van der Waals surface area contributed by atoms with Crippen molar-refractivity contribution in [2.45, 2.75) is 24.5 Å². The molecule has 4 rings (SSSR count). The standard InChI is InChI=1S/C17H16F2N4OS/c18-14-3-15(19)13(2-12(14)9-5-21-8-22-6-9)17-4-11(24)1-10(17)7-25-16(20)23-17/h2-3,5-6,8,10-11,24H,1,4,7H2,(H2,20,23). The zero-order valence-corrected chi connectivity index (χ0v) is 14.0. The van der Waals surface area contributed by atoms with Crippen LogP contribution in [0.1, 0.15) is 18.4 Å². The molecule has 1 aliphatic carbocycles. The van der Waals surface area contributed by atoms with Crippen molar-refractivity contribution in [2.24, 2.45) is 16.6 Å². The first-order chi connectivity index (χ1) is 12.0. The Labute approximate surface area is 147 Å². The molecule has 2 aliphatic rings. The summed E-state index contributed by atoms with van der Waals surface area (Å²) in [5.41, 5.74) is 5.86. The second-order valence-electron chi connectivity index (χ2n) is 6.41. The summed E-state index contributed by atoms with van der Waals surface area (Å²) >= 11 is 1.40. The summed E-state index contributed by atoms with van der Waals surface area (Å²) < 4.78 is 29.1. The molecule has 1 fully saturated rings. The van der Waals surface area contributed by atoms with Crippen LogP contribution in [0.15, 0.2) is 35.8 Å². The molecular formula is C17H16F2N4OS. The molecule has 2 heterocycles. The Bertz CT molecular complexity index is 848. The second kappa shape index (κ2) is 6.03. The third-order valence-corrected chi connectivity index (χ3v) is 5.87. The van der Waals surface area contributed by atoms with Crippen molar-refractivity contribution in [1.29, 1.82) is 0 Å². The number of aliphatic imine (C=N–C) groups is 1. The number of halogens is 2. The van der Waals surface area contributed by atoms with E-state index in [0.717, 1.165) is 6.07 Å². The Morgan fingerprint density at radius 1 is 1.20 bits per heavy atom. The molecule has 3 N–H and O–H groups in total. The monoisotopic (exact) mass is 362 g/mol. The molecule has 3 atom stereocenters. The summed E-state index contributed by atoms with van der Waals surface area (Å²) in [6, 6.07) is 2.32. The number of nitrogens with two attached hydrogens (primary N) is 1. The van der Waals surface area contributed by atoms with E-state index in [0.29, 0.717) is 22.9 Å². The lowest BCUT2D eigenvalue weighted by Crippen LogP contribution is -2.37. The maximum atomic E-state index is 14.7. The number of aromatic nitrogens is 2. The van der Waals surface area contributed by atoms with Gasteiger partial charge in [0.1, 0.15) is 18.0 Å². The van der Waals surface area contributed by atoms with Gasteiger partial charge in [-0.2, -0.15) is 0 Å². The molecule has 130 valence electrons. The highest BCUT2D eigenvalue weighted by Gasteiger charge is 2.51. The smallest absolute Gasteiger partial charge is 0.154 e. The van der Waals surface area contributed by atoms with Crippen molar-refractivity contribution < 1.29 is 13.9 Å². The summed E-state index contributed by atoms with van der Waals surface area (Å²) in [5.74, 6) is -0.780. The number of hydrogen-bond donors (Lipinski definition) is 2. The van der Waals surface area contributed by atoms with E-state index >= 15 is 0 Å². The van der Waals surface area contributed by atoms with Crippen LogP contribution in [-0.4, -0.2) is 32.1 Å². The predicted molar refractivity (Wildman–Crippen MR) is 91.9 cm³/mol. The van der Waals surface area contributed by atoms with Crippen LogP contribution in [0.3, 0.4) is 0 Å². The van der Waals surface area contributed by atoms with Gasteiger partial charge in [0.2, 0.25) is 0 Å². The Kier molecular flexibility index (Phi) is 3.96. The van der Waals surface area contributed by atoms with Crippen molar-refractivity contribution in [3.8, 4) is 11.1 Å². The molecule has 0 amide bonds. The van der Waals surface area contributed by atoms with E-state index in [4.69, 9.17) is 5.73 Å². The number of fused-ring (bicyclic) bond motifs is 1. The van der Waals surface area contributed by atoms with Crippen LogP contribution < -0.4 is 5.73 Å². The van der Waals surface area contributed by atoms with Gasteiger partial charge in [-0.15, -0.1) is 0 Å². The predicted octanol–water partition coefficient (Wildman–Crippen LogP) is 2.45. The van der Waals surface area contributed by atoms with Gasteiger partial charge in [0.15, 0.2) is 5.17 Å². The highest BCUT2D eigenvalue weighted by atomic mass is 32.2. The van der Waals surface area contributed by atoms with Gasteiger partial charge in [0.05, 0.1) is 11.6 Å². The average molecular weight is 362 g/mol. The van der Waals surface area contributed by atoms with E-state index in [1.807, 2.05) is 0 Å². The summed E-state index contributed by atoms with van der Waals surface area (Å²) in [5, 5.41) is 10.5. The lowest BCUT2D eigenvalue weighted by molar-refractivity contribution is 0.173. The molecule has 1 saturated carbocycles. The highest BCUT2D eigenvalue weighted by Crippen LogP contribution is 2.52. The fraction of sp³-hybridized carbons (Fsp3) is 0.353. The third-order valence-electron chi connectivity index (χ3n) is 4.92. The molecule has 0 radical (unpaired) electrons. The molecule has 25 heavy (non-hydrogen) atoms. The quantitative estimate of drug-likeness (QED) is 0.857. The number of nitrogens with zero attached hydrogens (tertiary/aromatic N) is 3. The first-order valence-corrected chi connectivity index (χ1v) is 8.89. The number of thioether (sulfide) groups is 1. The largest absolute Gasteiger partial charge is 0.393 e. The van der Waals surface area contributed by atoms with Crippen molar-refractivity contribution in [1.82, 2.24) is 9.97 Å². The summed E-state index contributed by atoms with van der Waals surface area (Å²) in [6.07, 6.45) is 4.49. The van der Waals surface area contributed by atoms with Gasteiger partial charge < -0.3 is 10.8 Å². The van der Waals surface area contributed by atoms with E-state index in [2.05, 4.69) is 15.0 Å². The highest BCUT2D eigenvalue weighted by molar-refractivity contribution is 8.13. The molecule has 1 aliphatic heterocycles. The molecule has 1 aromatic heterocycles. The van der Waals surface area contributed by atoms with Gasteiger partial charge >= 0.3 is 0 Å². The topological polar surface area (TPSA) is 84.4 Å². The lowest BCUT2D eigenvalue weighted by Gasteiger charge is -2.36. The molecular weight excluding hydrogens is 346 g/mol. The first kappa shape index (κ1) is 16.4. The van der Waals surface area contributed by atoms with E-state index in [1.54, 1.807) is 0 Å². The third kappa shape index (κ3) is 2.69. The zero-order chi connectivity index (χ0) is 17.6. The van der Waals surface area contributed by atoms with Gasteiger partial charge in [0, 0.05) is 53.2 Å². The Balaban J connectivity index is 1.91. The van der Waals surface area contributed by atoms with E-state index in [-0.39, 0.29) is 23.5 Å². The number of hydrogen-bond acceptors (Lipinski definition) is 6. The van der Waals surface area contributed by atoms with Gasteiger partial charge in [-0.05, 0) is 12.5 Å². The summed E-state index contributed by atoms with van der Waals surface area (Å²) in [4.78, 5) is 12.3. The zero-order valence-electron chi connectivity index (χ0n) is 13.2. The molecule has 0 saturated heterocycles. The Morgan fingerprint density at radius 2 is 1.96 bits per heavy atom. The lowest BCUT2D eigenvalue weighted by atomic mass is 9.80. The van der Waals surface area contributed by atoms with Crippen LogP contribution >= 0.6 is 11.8 Å². The van der Waals surface area contributed by atoms with E-state index < -0.39 is 23.3 Å². The number of aliphatic hydroxyl groups excluding tert-OH is 1. The number of amidine groups is 1. The minimum atomic E-state index is -0.961. The van der Waals surface area contributed by atoms with Crippen molar-refractivity contribution in [2.75, 3.05) is 5.75 Å². The average Bonchev–Trinajstić information content (AvgIpc) is 2.91. The SMILES string of the molecule is NC1=NC2(c3cc(-c4cncnc4)c(F)cc3F)CC(O)CC2CS1. The number of aliphatic hydroxyl groups is 1. The maximum absolute atomic E-state index is 14.7. The molecule has 2 aromatic rings. The normalized spacial score (nSPS) is 28.5. The van der Waals surface area contributed by atoms with Gasteiger partial charge in [0.25, 0.3) is 0 Å². The summed E-state index contributed by atoms with van der Waals surface area (Å²) in [6.45, 7) is 0. The molecule has 5 nitrogen and oxygen atoms in total. The molecule has 0 bridgehead atoms. The van der Waals surface area contributed by atoms with Crippen LogP contribution in [-0.2, 0) is 5.54 Å². The molecule has 1 aromatic carbocycles. The van der Waals surface area contributed by atoms with Crippen molar-refractivity contribution in [3.05, 3.63) is 48.1 Å². The van der Waals surface area contributed by atoms with Crippen LogP contribution in [0, 0.1) is 17.6 Å². The van der Waals surface area contributed by atoms with Crippen LogP contribution in [0.4, 0.5) is 8.78 Å². The Morgan fingerprint density at radius 3 is 2.72 bits per heavy atom. The van der Waals surface area contributed by atoms with Crippen molar-refractivity contribution in [3.63, 3.8) is 0 Å². The fourth-order valence-electron chi connectivity index (χ4n) is 3.82. The minimum absolute atomic E-state index is 0.0559. The van der Waals surface area contributed by atoms with Gasteiger partial charge in [-0.25, -0.2) is 18.7 Å². The van der Waals surface area contributed by atoms with Gasteiger partial charge in [-0.3, -0.25) is 4.99 Å². The van der Waals surface area contributed by atoms with Crippen molar-refractivity contribution >= 4 is 16.9 Å². The maximum Gasteiger partial charge on any atom is 0.154 e. The number of benzene rings is 1. The minimum Gasteiger partial charge on any atom is -0.393 e. The molecule has 3 unspecified atom stereocenters. The molecule has 0 spiro atoms. The summed E-state index contributed by atoms with van der Waals surface area (Å²) in [7, 11) is 0. The van der Waals surface area contributed by atoms with E-state index in [9.17, 15) is 13.9 Å². The van der Waals surface area contributed by atoms with E-state index in [1.165, 1.54) is 36.5 Å². The number of rotatable bonds is 2. The van der Waals surface area contributed by atoms with Crippen LogP contribution in [0.5, 0.6) is 0 Å². The van der Waals surface area contributed by atoms with Crippen LogP contribution in [0.25, 0.3) is 11.1 Å². The fourth-order valence-corrected chi connectivity index (χ4v) is 4.83.